The molecule has 9 heavy (non-hydrogen) atoms. The summed E-state index contributed by atoms with van der Waals surface area (Å²) in [5, 5.41) is 0. The molecule has 0 rings (SSSR count). The van der Waals surface area contributed by atoms with Gasteiger partial charge in [-0.25, -0.2) is 16.5 Å². The number of carbonyl (C=O) groups excluding carboxylic acids is 1. The van der Waals surface area contributed by atoms with Crippen LogP contribution in [0.1, 0.15) is 6.92 Å². The lowest BCUT2D eigenvalue weighted by molar-refractivity contribution is 0.241. The molecule has 0 fully saturated rings. The summed E-state index contributed by atoms with van der Waals surface area (Å²) < 4.78 is 0. The van der Waals surface area contributed by atoms with Gasteiger partial charge in [-0.1, -0.05) is 6.08 Å². The van der Waals surface area contributed by atoms with Gasteiger partial charge in [0, 0.05) is 0 Å². The lowest BCUT2D eigenvalue weighted by atomic mass is 10.8. The molecular formula is C4H12N4O. The van der Waals surface area contributed by atoms with Crippen LogP contribution < -0.4 is 22.5 Å². The molecular weight excluding hydrogens is 120 g/mol. The van der Waals surface area contributed by atoms with E-state index >= 15 is 0 Å². The molecule has 0 atom stereocenters. The van der Waals surface area contributed by atoms with Crippen LogP contribution in [-0.4, -0.2) is 6.03 Å². The van der Waals surface area contributed by atoms with E-state index in [9.17, 15) is 4.79 Å². The van der Waals surface area contributed by atoms with Gasteiger partial charge in [0.15, 0.2) is 0 Å². The van der Waals surface area contributed by atoms with Crippen molar-refractivity contribution in [3.05, 3.63) is 12.7 Å². The summed E-state index contributed by atoms with van der Waals surface area (Å²) >= 11 is 0. The van der Waals surface area contributed by atoms with Crippen molar-refractivity contribution in [2.45, 2.75) is 6.92 Å². The molecule has 0 aliphatic carbocycles. The van der Waals surface area contributed by atoms with Crippen LogP contribution in [0, 0.1) is 0 Å². The van der Waals surface area contributed by atoms with Crippen LogP contribution in [0.4, 0.5) is 4.79 Å². The zero-order valence-electron chi connectivity index (χ0n) is 5.35. The topological polar surface area (TPSA) is 93.2 Å². The van der Waals surface area contributed by atoms with Crippen molar-refractivity contribution in [2.75, 3.05) is 0 Å². The second kappa shape index (κ2) is 10.0. The van der Waals surface area contributed by atoms with Crippen molar-refractivity contribution in [2.24, 2.45) is 11.7 Å². The van der Waals surface area contributed by atoms with Crippen molar-refractivity contribution in [3.63, 3.8) is 0 Å². The van der Waals surface area contributed by atoms with Crippen molar-refractivity contribution in [1.29, 1.82) is 0 Å². The third-order valence-corrected chi connectivity index (χ3v) is 0.262. The Hall–Kier alpha value is -1.07. The van der Waals surface area contributed by atoms with E-state index in [4.69, 9.17) is 0 Å². The monoisotopic (exact) mass is 132 g/mol. The molecule has 0 aromatic heterocycles. The number of rotatable bonds is 0. The first-order chi connectivity index (χ1) is 4.22. The number of carbonyl (C=O) groups is 1. The van der Waals surface area contributed by atoms with Gasteiger partial charge >= 0.3 is 6.03 Å². The quantitative estimate of drug-likeness (QED) is 0.151. The Morgan fingerprint density at radius 3 is 1.78 bits per heavy atom. The molecule has 54 valence electrons. The highest BCUT2D eigenvalue weighted by Crippen LogP contribution is 1.42. The van der Waals surface area contributed by atoms with Gasteiger partial charge in [-0.15, -0.1) is 6.58 Å². The lowest BCUT2D eigenvalue weighted by Gasteiger charge is -1.90. The van der Waals surface area contributed by atoms with Crippen LogP contribution in [-0.2, 0) is 0 Å². The number of allylic oxidation sites excluding steroid dienone is 1. The fourth-order valence-electron chi connectivity index (χ4n) is 0.0417. The average molecular weight is 132 g/mol. The highest BCUT2D eigenvalue weighted by atomic mass is 16.2. The van der Waals surface area contributed by atoms with Gasteiger partial charge in [0.2, 0.25) is 0 Å². The lowest BCUT2D eigenvalue weighted by Crippen LogP contribution is -2.43. The van der Waals surface area contributed by atoms with E-state index in [0.29, 0.717) is 0 Å². The van der Waals surface area contributed by atoms with Crippen molar-refractivity contribution >= 4 is 6.03 Å². The van der Waals surface area contributed by atoms with E-state index in [1.54, 1.807) is 16.9 Å². The van der Waals surface area contributed by atoms with Crippen molar-refractivity contribution in [3.8, 4) is 0 Å². The summed E-state index contributed by atoms with van der Waals surface area (Å²) in [7, 11) is 0. The maximum Gasteiger partial charge on any atom is 0.343 e. The zero-order chi connectivity index (χ0) is 7.70. The summed E-state index contributed by atoms with van der Waals surface area (Å²) in [5.41, 5.74) is 3.48. The fourth-order valence-corrected chi connectivity index (χ4v) is 0.0417. The minimum atomic E-state index is -0.602. The van der Waals surface area contributed by atoms with Crippen LogP contribution in [0.5, 0.6) is 0 Å². The average Bonchev–Trinajstić information content (AvgIpc) is 1.88. The van der Waals surface area contributed by atoms with Crippen LogP contribution >= 0.6 is 0 Å². The third-order valence-electron chi connectivity index (χ3n) is 0.262. The first-order valence-corrected chi connectivity index (χ1v) is 2.27. The molecule has 2 amide bonds. The van der Waals surface area contributed by atoms with E-state index in [1.807, 2.05) is 6.92 Å². The van der Waals surface area contributed by atoms with Gasteiger partial charge in [-0.3, -0.25) is 10.9 Å². The smallest absolute Gasteiger partial charge is 0.275 e. The number of hydrogen-bond donors (Lipinski definition) is 4. The first kappa shape index (κ1) is 10.8. The summed E-state index contributed by atoms with van der Waals surface area (Å²) in [6.07, 6.45) is 1.75. The maximum atomic E-state index is 9.71. The van der Waals surface area contributed by atoms with Crippen molar-refractivity contribution < 1.29 is 4.79 Å². The third kappa shape index (κ3) is 19.6. The highest BCUT2D eigenvalue weighted by Gasteiger charge is 1.82. The van der Waals surface area contributed by atoms with E-state index in [0.717, 1.165) is 0 Å². The SMILES string of the molecule is C=CC.NNC(=O)NN. The molecule has 0 aromatic rings. The van der Waals surface area contributed by atoms with Gasteiger partial charge < -0.3 is 0 Å². The Bertz CT molecular complexity index is 76.6. The number of hydrogen-bond acceptors (Lipinski definition) is 3. The fraction of sp³-hybridized carbons (Fsp3) is 0.250. The molecule has 0 aliphatic rings. The molecule has 0 spiro atoms. The van der Waals surface area contributed by atoms with Gasteiger partial charge in [-0.05, 0) is 6.92 Å². The molecule has 6 N–H and O–H groups in total. The largest absolute Gasteiger partial charge is 0.343 e. The second-order valence-corrected chi connectivity index (χ2v) is 1.03. The number of urea groups is 1. The number of nitrogens with one attached hydrogen (secondary N) is 2. The van der Waals surface area contributed by atoms with E-state index < -0.39 is 6.03 Å². The Labute approximate surface area is 54.0 Å². The number of hydrazine groups is 2. The van der Waals surface area contributed by atoms with Gasteiger partial charge in [-0.2, -0.15) is 0 Å². The maximum absolute atomic E-state index is 9.71. The predicted octanol–water partition coefficient (Wildman–Crippen LogP) is -0.775. The highest BCUT2D eigenvalue weighted by molar-refractivity contribution is 5.72. The van der Waals surface area contributed by atoms with Gasteiger partial charge in [0.25, 0.3) is 0 Å². The molecule has 0 bridgehead atoms. The standard InChI is InChI=1S/C3H6.CH6N4O/c1-3-2;2-4-1(6)5-3/h3H,1H2,2H3;2-3H2,(H2,4,5,6). The van der Waals surface area contributed by atoms with Crippen LogP contribution in [0.2, 0.25) is 0 Å². The van der Waals surface area contributed by atoms with Crippen LogP contribution in [0.15, 0.2) is 12.7 Å². The summed E-state index contributed by atoms with van der Waals surface area (Å²) in [6.45, 7) is 5.25. The summed E-state index contributed by atoms with van der Waals surface area (Å²) in [6, 6.07) is -0.602. The molecule has 5 nitrogen and oxygen atoms in total. The molecule has 0 saturated heterocycles. The summed E-state index contributed by atoms with van der Waals surface area (Å²) in [4.78, 5) is 9.71. The van der Waals surface area contributed by atoms with Gasteiger partial charge in [0.05, 0.1) is 0 Å². The summed E-state index contributed by atoms with van der Waals surface area (Å²) in [5.74, 6) is 9.08. The molecule has 0 heterocycles. The molecule has 0 saturated carbocycles. The van der Waals surface area contributed by atoms with E-state index in [-0.39, 0.29) is 0 Å². The van der Waals surface area contributed by atoms with E-state index in [1.165, 1.54) is 0 Å². The Morgan fingerprint density at radius 2 is 1.78 bits per heavy atom. The van der Waals surface area contributed by atoms with Gasteiger partial charge in [0.1, 0.15) is 0 Å². The predicted molar refractivity (Wildman–Crippen MR) is 35.9 cm³/mol. The minimum Gasteiger partial charge on any atom is -0.275 e. The molecule has 0 aromatic carbocycles. The Balaban J connectivity index is 0. The van der Waals surface area contributed by atoms with Crippen LogP contribution in [0.25, 0.3) is 0 Å². The Kier molecular flexibility index (Phi) is 12.1. The number of amides is 2. The first-order valence-electron chi connectivity index (χ1n) is 2.27. The molecule has 0 unspecified atom stereocenters. The second-order valence-electron chi connectivity index (χ2n) is 1.03. The van der Waals surface area contributed by atoms with Crippen molar-refractivity contribution in [1.82, 2.24) is 10.9 Å². The normalized spacial score (nSPS) is 6.11. The minimum absolute atomic E-state index is 0.602. The zero-order valence-corrected chi connectivity index (χ0v) is 5.35. The van der Waals surface area contributed by atoms with Crippen LogP contribution in [0.3, 0.4) is 0 Å². The Morgan fingerprint density at radius 1 is 1.56 bits per heavy atom. The molecule has 0 aliphatic heterocycles. The number of nitrogens with two attached hydrogens (primary N) is 2. The van der Waals surface area contributed by atoms with E-state index in [2.05, 4.69) is 18.3 Å². The molecule has 5 heteroatoms. The molecule has 0 radical (unpaired) electrons.